The SMILES string of the molecule is COCCN(CCOC12CC3(C)CC(C)(CC(Cn4ncc(-c5ccc(N6CCc7c(OC)ccc(C(=O)Nc8nc9ccccc9s8)c7C6)nc5C(=O)O)c4C)(C3)C1)C2)C(=O)OCc1ccccc1OCCOCCNC(=O)CCNC(=O)CN1C(=O)C=CC1=O. The van der Waals surface area contributed by atoms with Crippen molar-refractivity contribution in [3.63, 3.8) is 0 Å². The van der Waals surface area contributed by atoms with Crippen LogP contribution in [0.5, 0.6) is 11.5 Å². The zero-order valence-corrected chi connectivity index (χ0v) is 53.3. The molecule has 4 aliphatic carbocycles. The van der Waals surface area contributed by atoms with Gasteiger partial charge in [-0.3, -0.25) is 38.9 Å². The van der Waals surface area contributed by atoms with Crippen LogP contribution in [0.3, 0.4) is 0 Å². The van der Waals surface area contributed by atoms with E-state index in [1.165, 1.54) is 11.3 Å². The van der Waals surface area contributed by atoms with Crippen LogP contribution >= 0.6 is 11.3 Å². The lowest BCUT2D eigenvalue weighted by Crippen LogP contribution is -2.64. The van der Waals surface area contributed by atoms with Crippen molar-refractivity contribution in [3.05, 3.63) is 125 Å². The maximum Gasteiger partial charge on any atom is 0.410 e. The molecule has 2 atom stereocenters. The van der Waals surface area contributed by atoms with Crippen molar-refractivity contribution in [1.29, 1.82) is 0 Å². The Kier molecular flexibility index (Phi) is 19.4. The Morgan fingerprint density at radius 2 is 1.51 bits per heavy atom. The normalized spacial score (nSPS) is 21.1. The van der Waals surface area contributed by atoms with Crippen LogP contribution in [-0.4, -0.2) is 168 Å². The Morgan fingerprint density at radius 1 is 0.761 bits per heavy atom. The summed E-state index contributed by atoms with van der Waals surface area (Å²) in [6, 6.07) is 22.2. The predicted molar refractivity (Wildman–Crippen MR) is 340 cm³/mol. The molecule has 92 heavy (non-hydrogen) atoms. The second kappa shape index (κ2) is 27.6. The predicted octanol–water partition coefficient (Wildman–Crippen LogP) is 7.75. The number of pyridine rings is 1. The Balaban J connectivity index is 0.677. The Bertz CT molecular complexity index is 3760. The van der Waals surface area contributed by atoms with Crippen molar-refractivity contribution in [2.24, 2.45) is 16.2 Å². The van der Waals surface area contributed by atoms with Gasteiger partial charge < -0.3 is 54.0 Å². The number of hydrogen-bond acceptors (Lipinski definition) is 18. The third kappa shape index (κ3) is 14.6. The number of benzene rings is 3. The number of carboxylic acid groups (broad SMARTS) is 1. The molecular weight excluding hydrogens is 1200 g/mol. The number of anilines is 2. The van der Waals surface area contributed by atoms with Crippen LogP contribution in [0.15, 0.2) is 91.1 Å². The van der Waals surface area contributed by atoms with Gasteiger partial charge in [0.2, 0.25) is 11.8 Å². The summed E-state index contributed by atoms with van der Waals surface area (Å²) in [6.45, 7) is 9.78. The highest BCUT2D eigenvalue weighted by molar-refractivity contribution is 7.22. The van der Waals surface area contributed by atoms with Gasteiger partial charge in [-0.1, -0.05) is 55.5 Å². The van der Waals surface area contributed by atoms with Crippen molar-refractivity contribution in [3.8, 4) is 22.6 Å². The Morgan fingerprint density at radius 3 is 2.27 bits per heavy atom. The number of aromatic nitrogens is 4. The van der Waals surface area contributed by atoms with Crippen LogP contribution < -0.4 is 30.3 Å². The molecule has 6 aromatic rings. The molecule has 4 N–H and O–H groups in total. The number of carboxylic acids is 1. The van der Waals surface area contributed by atoms with Gasteiger partial charge in [0.25, 0.3) is 17.7 Å². The number of hydrogen-bond donors (Lipinski definition) is 4. The van der Waals surface area contributed by atoms with E-state index < -0.39 is 41.9 Å². The molecule has 5 heterocycles. The van der Waals surface area contributed by atoms with Gasteiger partial charge in [0.1, 0.15) is 37.1 Å². The summed E-state index contributed by atoms with van der Waals surface area (Å²) in [7, 11) is 3.20. The van der Waals surface area contributed by atoms with Crippen molar-refractivity contribution < 1.29 is 67.1 Å². The fraction of sp³-hybridized carbons (Fsp3) is 0.463. The molecule has 25 heteroatoms. The summed E-state index contributed by atoms with van der Waals surface area (Å²) in [4.78, 5) is 103. The number of thiazole rings is 1. The van der Waals surface area contributed by atoms with Crippen LogP contribution in [0.4, 0.5) is 15.7 Å². The maximum atomic E-state index is 13.9. The molecule has 0 radical (unpaired) electrons. The average Bonchev–Trinajstić information content (AvgIpc) is 0.776. The minimum atomic E-state index is -1.16. The molecule has 0 spiro atoms. The number of methoxy groups -OCH3 is 2. The lowest BCUT2D eigenvalue weighted by atomic mass is 9.39. The highest BCUT2D eigenvalue weighted by Crippen LogP contribution is 2.72. The first-order valence-corrected chi connectivity index (χ1v) is 31.9. The van der Waals surface area contributed by atoms with E-state index in [4.69, 9.17) is 38.5 Å². The van der Waals surface area contributed by atoms with Crippen LogP contribution in [0.1, 0.15) is 102 Å². The fourth-order valence-electron chi connectivity index (χ4n) is 15.3. The molecular formula is C67H78N10O14S. The maximum absolute atomic E-state index is 13.9. The molecule has 4 saturated carbocycles. The monoisotopic (exact) mass is 1280 g/mol. The van der Waals surface area contributed by atoms with Crippen molar-refractivity contribution in [2.45, 2.75) is 97.4 Å². The minimum absolute atomic E-state index is 0.00213. The number of ether oxygens (including phenoxy) is 6. The minimum Gasteiger partial charge on any atom is -0.496 e. The van der Waals surface area contributed by atoms with Gasteiger partial charge in [-0.25, -0.2) is 19.6 Å². The van der Waals surface area contributed by atoms with Gasteiger partial charge in [0.15, 0.2) is 10.8 Å². The third-order valence-electron chi connectivity index (χ3n) is 18.1. The van der Waals surface area contributed by atoms with E-state index >= 15 is 0 Å². The first kappa shape index (κ1) is 64.7. The number of carbonyl (C=O) groups is 7. The van der Waals surface area contributed by atoms with Crippen molar-refractivity contribution in [2.75, 3.05) is 96.7 Å². The van der Waals surface area contributed by atoms with E-state index in [0.717, 1.165) is 82.6 Å². The summed E-state index contributed by atoms with van der Waals surface area (Å²) in [5, 5.41) is 24.5. The van der Waals surface area contributed by atoms with Gasteiger partial charge in [0.05, 0.1) is 55.6 Å². The Labute approximate surface area is 536 Å². The zero-order valence-electron chi connectivity index (χ0n) is 52.5. The topological polar surface area (TPSA) is 285 Å². The summed E-state index contributed by atoms with van der Waals surface area (Å²) < 4.78 is 38.8. The van der Waals surface area contributed by atoms with E-state index in [0.29, 0.717) is 90.5 Å². The van der Waals surface area contributed by atoms with Crippen molar-refractivity contribution >= 4 is 74.1 Å². The summed E-state index contributed by atoms with van der Waals surface area (Å²) in [5.74, 6) is -1.75. The van der Waals surface area contributed by atoms with E-state index in [-0.39, 0.29) is 86.2 Å². The van der Waals surface area contributed by atoms with Crippen LogP contribution in [0.25, 0.3) is 21.3 Å². The fourth-order valence-corrected chi connectivity index (χ4v) is 16.2. The van der Waals surface area contributed by atoms with Gasteiger partial charge in [0, 0.05) is 105 Å². The zero-order chi connectivity index (χ0) is 64.8. The summed E-state index contributed by atoms with van der Waals surface area (Å²) in [6.07, 6.45) is 9.66. The molecule has 2 unspecified atom stereocenters. The molecule has 12 rings (SSSR count). The lowest BCUT2D eigenvalue weighted by Gasteiger charge is -2.69. The number of aromatic carboxylic acids is 1. The first-order chi connectivity index (χ1) is 44.3. The van der Waals surface area contributed by atoms with Crippen LogP contribution in [-0.2, 0) is 64.2 Å². The van der Waals surface area contributed by atoms with E-state index in [1.54, 1.807) is 37.4 Å². The van der Waals surface area contributed by atoms with E-state index in [1.807, 2.05) is 77.2 Å². The summed E-state index contributed by atoms with van der Waals surface area (Å²) in [5.41, 5.74) is 4.95. The smallest absolute Gasteiger partial charge is 0.410 e. The highest BCUT2D eigenvalue weighted by atomic mass is 32.1. The van der Waals surface area contributed by atoms with Crippen LogP contribution in [0.2, 0.25) is 0 Å². The largest absolute Gasteiger partial charge is 0.496 e. The Hall–Kier alpha value is -8.78. The molecule has 3 aromatic carbocycles. The van der Waals surface area contributed by atoms with E-state index in [9.17, 15) is 38.7 Å². The number of nitrogens with zero attached hydrogens (tertiary/aromatic N) is 7. The van der Waals surface area contributed by atoms with Gasteiger partial charge >= 0.3 is 12.1 Å². The lowest BCUT2D eigenvalue weighted by molar-refractivity contribution is -0.248. The number of nitrogens with one attached hydrogen (secondary N) is 3. The molecule has 6 aliphatic rings. The van der Waals surface area contributed by atoms with Crippen molar-refractivity contribution in [1.82, 2.24) is 40.2 Å². The first-order valence-electron chi connectivity index (χ1n) is 31.0. The molecule has 3 aromatic heterocycles. The number of fused-ring (bicyclic) bond motifs is 2. The number of imide groups is 1. The van der Waals surface area contributed by atoms with E-state index in [2.05, 4.69) is 34.8 Å². The summed E-state index contributed by atoms with van der Waals surface area (Å²) >= 11 is 1.40. The molecule has 24 nitrogen and oxygen atoms in total. The number of para-hydroxylation sites is 2. The molecule has 4 fully saturated rings. The van der Waals surface area contributed by atoms with Gasteiger partial charge in [-0.2, -0.15) is 5.10 Å². The molecule has 4 bridgehead atoms. The standard InChI is InChI=1S/C67H78N10O14S/c1-43-48(46-15-17-54(72-59(46)61(83)84)75-24-21-45-49(33-75)47(14-16-52(45)87-5)60(82)73-62-71-50-11-7-9-13-53(50)92-62)32-70-77(43)42-66-37-64(2)36-65(3,38-66)40-67(39-64,41-66)91-29-26-74(25-28-86-4)63(85)90-35-44-10-6-8-12-51(44)89-31-30-88-27-23-69-55(78)20-22-68-56(79)34-76-57(80)18-19-58(76)81/h6-19,32H,20-31,33-42H2,1-5H3,(H,68,79)(H,69,78)(H,83,84)(H,71,73,82). The highest BCUT2D eigenvalue weighted by Gasteiger charge is 2.66. The molecule has 2 aliphatic heterocycles. The second-order valence-corrected chi connectivity index (χ2v) is 26.4. The van der Waals surface area contributed by atoms with Gasteiger partial charge in [-0.05, 0) is 116 Å². The number of rotatable bonds is 29. The molecule has 6 amide bonds. The average molecular weight is 1280 g/mol. The van der Waals surface area contributed by atoms with Crippen LogP contribution in [0, 0.1) is 23.2 Å². The quantitative estimate of drug-likeness (QED) is 0.0258. The number of amides is 6. The molecule has 486 valence electrons. The molecule has 0 saturated heterocycles. The third-order valence-corrected chi connectivity index (χ3v) is 19.1. The number of carbonyl (C=O) groups excluding carboxylic acids is 6. The van der Waals surface area contributed by atoms with Gasteiger partial charge in [-0.15, -0.1) is 0 Å². The second-order valence-electron chi connectivity index (χ2n) is 25.4.